The average molecular weight is 309 g/mol. The Kier molecular flexibility index (Phi) is 4.44. The van der Waals surface area contributed by atoms with Crippen molar-refractivity contribution in [2.75, 3.05) is 10.6 Å². The van der Waals surface area contributed by atoms with Crippen LogP contribution in [0.5, 0.6) is 0 Å². The highest BCUT2D eigenvalue weighted by atomic mass is 35.5. The first-order chi connectivity index (χ1) is 9.95. The second-order valence-electron chi connectivity index (χ2n) is 4.06. The van der Waals surface area contributed by atoms with E-state index in [-0.39, 0.29) is 16.5 Å². The van der Waals surface area contributed by atoms with Gasteiger partial charge >= 0.3 is 0 Å². The van der Waals surface area contributed by atoms with E-state index in [1.165, 1.54) is 31.5 Å². The van der Waals surface area contributed by atoms with Gasteiger partial charge in [-0.1, -0.05) is 11.6 Å². The molecule has 1 heterocycles. The standard InChI is InChI=1S/C13H10ClFN4O2/c1-7(20)17-10-4-8(2-3-9(10)15)18-13(21)11-5-16-6-12(14)19-11/h2-6H,1H3,(H,17,20)(H,18,21). The fraction of sp³-hybridized carbons (Fsp3) is 0.0769. The van der Waals surface area contributed by atoms with Gasteiger partial charge in [-0.15, -0.1) is 0 Å². The molecule has 0 bridgehead atoms. The minimum Gasteiger partial charge on any atom is -0.324 e. The molecule has 0 spiro atoms. The fourth-order valence-electron chi connectivity index (χ4n) is 1.54. The highest BCUT2D eigenvalue weighted by Gasteiger charge is 2.11. The summed E-state index contributed by atoms with van der Waals surface area (Å²) in [4.78, 5) is 30.4. The number of carbonyl (C=O) groups is 2. The molecular weight excluding hydrogens is 299 g/mol. The van der Waals surface area contributed by atoms with Crippen LogP contribution in [0, 0.1) is 5.82 Å². The SMILES string of the molecule is CC(=O)Nc1cc(NC(=O)c2cncc(Cl)n2)ccc1F. The number of amides is 2. The third kappa shape index (κ3) is 3.96. The Morgan fingerprint density at radius 1 is 1.24 bits per heavy atom. The number of hydrogen-bond donors (Lipinski definition) is 2. The van der Waals surface area contributed by atoms with Crippen molar-refractivity contribution in [2.45, 2.75) is 6.92 Å². The van der Waals surface area contributed by atoms with Crippen molar-refractivity contribution in [3.05, 3.63) is 47.3 Å². The molecule has 0 radical (unpaired) electrons. The van der Waals surface area contributed by atoms with Gasteiger partial charge in [0.1, 0.15) is 16.7 Å². The number of nitrogens with zero attached hydrogens (tertiary/aromatic N) is 2. The first-order valence-electron chi connectivity index (χ1n) is 5.82. The van der Waals surface area contributed by atoms with Crippen LogP contribution in [0.1, 0.15) is 17.4 Å². The van der Waals surface area contributed by atoms with Gasteiger partial charge < -0.3 is 10.6 Å². The molecule has 0 saturated heterocycles. The highest BCUT2D eigenvalue weighted by Crippen LogP contribution is 2.20. The molecular formula is C13H10ClFN4O2. The monoisotopic (exact) mass is 308 g/mol. The van der Waals surface area contributed by atoms with Crippen LogP contribution < -0.4 is 10.6 Å². The van der Waals surface area contributed by atoms with Crippen LogP contribution >= 0.6 is 11.6 Å². The molecule has 2 aromatic rings. The summed E-state index contributed by atoms with van der Waals surface area (Å²) < 4.78 is 13.5. The summed E-state index contributed by atoms with van der Waals surface area (Å²) in [5.41, 5.74) is 0.289. The quantitative estimate of drug-likeness (QED) is 0.912. The third-order valence-corrected chi connectivity index (χ3v) is 2.55. The molecule has 0 aliphatic heterocycles. The molecule has 0 saturated carbocycles. The summed E-state index contributed by atoms with van der Waals surface area (Å²) in [6.07, 6.45) is 2.55. The van der Waals surface area contributed by atoms with Crippen molar-refractivity contribution >= 4 is 34.8 Å². The molecule has 0 fully saturated rings. The summed E-state index contributed by atoms with van der Waals surface area (Å²) >= 11 is 5.64. The van der Waals surface area contributed by atoms with E-state index >= 15 is 0 Å². The Balaban J connectivity index is 2.19. The maximum Gasteiger partial charge on any atom is 0.275 e. The van der Waals surface area contributed by atoms with Gasteiger partial charge in [0, 0.05) is 12.6 Å². The van der Waals surface area contributed by atoms with E-state index < -0.39 is 17.6 Å². The lowest BCUT2D eigenvalue weighted by atomic mass is 10.2. The number of anilines is 2. The van der Waals surface area contributed by atoms with Gasteiger partial charge in [0.15, 0.2) is 0 Å². The van der Waals surface area contributed by atoms with Crippen molar-refractivity contribution < 1.29 is 14.0 Å². The molecule has 0 atom stereocenters. The van der Waals surface area contributed by atoms with Crippen LogP contribution in [0.4, 0.5) is 15.8 Å². The molecule has 21 heavy (non-hydrogen) atoms. The Morgan fingerprint density at radius 2 is 2.00 bits per heavy atom. The van der Waals surface area contributed by atoms with Crippen LogP contribution in [-0.4, -0.2) is 21.8 Å². The number of nitrogens with one attached hydrogen (secondary N) is 2. The maximum atomic E-state index is 13.5. The molecule has 2 N–H and O–H groups in total. The van der Waals surface area contributed by atoms with Gasteiger partial charge in [-0.25, -0.2) is 9.37 Å². The van der Waals surface area contributed by atoms with E-state index in [0.29, 0.717) is 5.69 Å². The number of rotatable bonds is 3. The van der Waals surface area contributed by atoms with Crippen molar-refractivity contribution in [1.29, 1.82) is 0 Å². The predicted molar refractivity (Wildman–Crippen MR) is 75.7 cm³/mol. The molecule has 6 nitrogen and oxygen atoms in total. The van der Waals surface area contributed by atoms with E-state index in [1.807, 2.05) is 0 Å². The largest absolute Gasteiger partial charge is 0.324 e. The highest BCUT2D eigenvalue weighted by molar-refractivity contribution is 6.29. The zero-order valence-corrected chi connectivity index (χ0v) is 11.6. The van der Waals surface area contributed by atoms with Gasteiger partial charge in [0.25, 0.3) is 5.91 Å². The topological polar surface area (TPSA) is 84.0 Å². The summed E-state index contributed by atoms with van der Waals surface area (Å²) in [7, 11) is 0. The molecule has 108 valence electrons. The van der Waals surface area contributed by atoms with Gasteiger partial charge in [0.05, 0.1) is 18.1 Å². The second-order valence-corrected chi connectivity index (χ2v) is 4.44. The second kappa shape index (κ2) is 6.27. The third-order valence-electron chi connectivity index (χ3n) is 2.37. The predicted octanol–water partition coefficient (Wildman–Crippen LogP) is 2.48. The van der Waals surface area contributed by atoms with Gasteiger partial charge in [-0.3, -0.25) is 14.6 Å². The molecule has 2 amide bonds. The molecule has 1 aromatic heterocycles. The van der Waals surface area contributed by atoms with E-state index in [4.69, 9.17) is 11.6 Å². The maximum absolute atomic E-state index is 13.5. The van der Waals surface area contributed by atoms with Crippen LogP contribution in [0.25, 0.3) is 0 Å². The zero-order chi connectivity index (χ0) is 15.4. The summed E-state index contributed by atoms with van der Waals surface area (Å²) in [6.45, 7) is 1.26. The van der Waals surface area contributed by atoms with E-state index in [0.717, 1.165) is 6.07 Å². The fourth-order valence-corrected chi connectivity index (χ4v) is 1.68. The Morgan fingerprint density at radius 3 is 2.67 bits per heavy atom. The van der Waals surface area contributed by atoms with Crippen molar-refractivity contribution in [2.24, 2.45) is 0 Å². The molecule has 2 rings (SSSR count). The van der Waals surface area contributed by atoms with E-state index in [2.05, 4.69) is 20.6 Å². The lowest BCUT2D eigenvalue weighted by Crippen LogP contribution is -2.15. The Labute approximate surface area is 124 Å². The van der Waals surface area contributed by atoms with Crippen LogP contribution in [0.15, 0.2) is 30.6 Å². The minimum absolute atomic E-state index is 0.0212. The molecule has 0 aliphatic rings. The Hall–Kier alpha value is -2.54. The zero-order valence-electron chi connectivity index (χ0n) is 10.9. The van der Waals surface area contributed by atoms with Crippen LogP contribution in [0.3, 0.4) is 0 Å². The van der Waals surface area contributed by atoms with Gasteiger partial charge in [0.2, 0.25) is 5.91 Å². The van der Waals surface area contributed by atoms with E-state index in [9.17, 15) is 14.0 Å². The number of hydrogen-bond acceptors (Lipinski definition) is 4. The van der Waals surface area contributed by atoms with Crippen molar-refractivity contribution in [3.8, 4) is 0 Å². The smallest absolute Gasteiger partial charge is 0.275 e. The number of aromatic nitrogens is 2. The van der Waals surface area contributed by atoms with Crippen molar-refractivity contribution in [3.63, 3.8) is 0 Å². The molecule has 0 aliphatic carbocycles. The number of carbonyl (C=O) groups excluding carboxylic acids is 2. The van der Waals surface area contributed by atoms with Crippen molar-refractivity contribution in [1.82, 2.24) is 9.97 Å². The number of benzene rings is 1. The van der Waals surface area contributed by atoms with Gasteiger partial charge in [-0.05, 0) is 18.2 Å². The van der Waals surface area contributed by atoms with Crippen LogP contribution in [-0.2, 0) is 4.79 Å². The first kappa shape index (κ1) is 14.9. The first-order valence-corrected chi connectivity index (χ1v) is 6.19. The molecule has 1 aromatic carbocycles. The summed E-state index contributed by atoms with van der Waals surface area (Å²) in [5, 5.41) is 4.91. The van der Waals surface area contributed by atoms with Crippen LogP contribution in [0.2, 0.25) is 5.15 Å². The molecule has 0 unspecified atom stereocenters. The number of halogens is 2. The Bertz CT molecular complexity index is 708. The molecule has 8 heteroatoms. The lowest BCUT2D eigenvalue weighted by Gasteiger charge is -2.08. The van der Waals surface area contributed by atoms with Gasteiger partial charge in [-0.2, -0.15) is 0 Å². The minimum atomic E-state index is -0.606. The summed E-state index contributed by atoms with van der Waals surface area (Å²) in [5.74, 6) is -1.57. The lowest BCUT2D eigenvalue weighted by molar-refractivity contribution is -0.114. The normalized spacial score (nSPS) is 10.0. The average Bonchev–Trinajstić information content (AvgIpc) is 2.42. The summed E-state index contributed by atoms with van der Waals surface area (Å²) in [6, 6.07) is 3.79. The van der Waals surface area contributed by atoms with E-state index in [1.54, 1.807) is 0 Å².